The van der Waals surface area contributed by atoms with Crippen LogP contribution in [0, 0.1) is 0 Å². The molecule has 2 aliphatic heterocycles. The van der Waals surface area contributed by atoms with Gasteiger partial charge in [0.1, 0.15) is 10.4 Å². The molecule has 1 aliphatic carbocycles. The van der Waals surface area contributed by atoms with E-state index >= 15 is 0 Å². The lowest BCUT2D eigenvalue weighted by Crippen LogP contribution is -2.63. The summed E-state index contributed by atoms with van der Waals surface area (Å²) >= 11 is 7.27. The maximum absolute atomic E-state index is 13.5. The molecular formula is C24H30ClF2N9O3S2. The molecule has 3 aromatic rings. The molecule has 222 valence electrons. The van der Waals surface area contributed by atoms with Gasteiger partial charge in [-0.2, -0.15) is 0 Å². The first kappa shape index (κ1) is 28.5. The summed E-state index contributed by atoms with van der Waals surface area (Å²) in [5.41, 5.74) is 0.423. The zero-order valence-corrected chi connectivity index (χ0v) is 25.1. The summed E-state index contributed by atoms with van der Waals surface area (Å²) < 4.78 is 57.7. The quantitative estimate of drug-likeness (QED) is 0.424. The number of nitrogens with zero attached hydrogens (tertiary/aromatic N) is 8. The van der Waals surface area contributed by atoms with Gasteiger partial charge in [-0.05, 0) is 39.9 Å². The number of hydrogen-bond acceptors (Lipinski definition) is 9. The molecule has 17 heteroatoms. The number of sulfonamides is 1. The lowest BCUT2D eigenvalue weighted by atomic mass is 10.1. The lowest BCUT2D eigenvalue weighted by molar-refractivity contribution is 0.0656. The molecule has 5 heterocycles. The molecule has 0 radical (unpaired) electrons. The van der Waals surface area contributed by atoms with E-state index < -0.39 is 27.0 Å². The number of piperazine rings is 1. The number of likely N-dealkylation sites (N-methyl/N-ethyl adjacent to an activating group) is 1. The highest BCUT2D eigenvalue weighted by Crippen LogP contribution is 2.39. The number of fused-ring (bicyclic) bond motifs is 1. The van der Waals surface area contributed by atoms with Crippen LogP contribution in [0.5, 0.6) is 0 Å². The minimum atomic E-state index is -3.95. The lowest BCUT2D eigenvalue weighted by Gasteiger charge is -2.46. The molecular weight excluding hydrogens is 600 g/mol. The number of urea groups is 1. The Hall–Kier alpha value is -2.66. The first-order valence-corrected chi connectivity index (χ1v) is 15.9. The molecule has 2 saturated heterocycles. The number of halogens is 3. The summed E-state index contributed by atoms with van der Waals surface area (Å²) in [6.45, 7) is 4.96. The number of hydrogen-bond donors (Lipinski definition) is 1. The van der Waals surface area contributed by atoms with Gasteiger partial charge in [-0.3, -0.25) is 4.40 Å². The van der Waals surface area contributed by atoms with Crippen LogP contribution in [0.2, 0.25) is 5.15 Å². The number of imidazole rings is 1. The smallest absolute Gasteiger partial charge is 0.320 e. The van der Waals surface area contributed by atoms with Crippen LogP contribution >= 0.6 is 22.9 Å². The van der Waals surface area contributed by atoms with Gasteiger partial charge in [-0.15, -0.1) is 10.2 Å². The van der Waals surface area contributed by atoms with Crippen LogP contribution in [-0.4, -0.2) is 114 Å². The molecule has 0 aromatic carbocycles. The normalized spacial score (nSPS) is 19.5. The van der Waals surface area contributed by atoms with E-state index in [9.17, 15) is 22.0 Å². The molecule has 12 nitrogen and oxygen atoms in total. The van der Waals surface area contributed by atoms with Crippen molar-refractivity contribution < 1.29 is 22.0 Å². The Morgan fingerprint density at radius 3 is 2.44 bits per heavy atom. The first-order valence-electron chi connectivity index (χ1n) is 13.2. The monoisotopic (exact) mass is 629 g/mol. The topological polar surface area (TPSA) is 119 Å². The Morgan fingerprint density at radius 2 is 1.85 bits per heavy atom. The van der Waals surface area contributed by atoms with Gasteiger partial charge in [0.2, 0.25) is 10.0 Å². The van der Waals surface area contributed by atoms with Gasteiger partial charge in [-0.25, -0.2) is 31.7 Å². The maximum atomic E-state index is 13.5. The number of aromatic nitrogens is 4. The zero-order chi connectivity index (χ0) is 29.3. The molecule has 6 rings (SSSR count). The summed E-state index contributed by atoms with van der Waals surface area (Å²) in [6.07, 6.45) is 0.0389. The van der Waals surface area contributed by atoms with E-state index in [0.29, 0.717) is 67.9 Å². The average Bonchev–Trinajstić information content (AvgIpc) is 3.27. The van der Waals surface area contributed by atoms with Gasteiger partial charge in [0, 0.05) is 57.0 Å². The molecule has 1 N–H and O–H groups in total. The van der Waals surface area contributed by atoms with E-state index in [2.05, 4.69) is 24.8 Å². The summed E-state index contributed by atoms with van der Waals surface area (Å²) in [5.74, 6) is 0.118. The van der Waals surface area contributed by atoms with Gasteiger partial charge in [0.25, 0.3) is 6.43 Å². The minimum Gasteiger partial charge on any atom is -0.366 e. The van der Waals surface area contributed by atoms with Crippen LogP contribution in [-0.2, 0) is 10.0 Å². The zero-order valence-electron chi connectivity index (χ0n) is 22.7. The molecule has 3 aliphatic rings. The first-order chi connectivity index (χ1) is 19.3. The predicted molar refractivity (Wildman–Crippen MR) is 150 cm³/mol. The number of rotatable bonds is 7. The minimum absolute atomic E-state index is 0.0121. The van der Waals surface area contributed by atoms with Crippen molar-refractivity contribution in [2.75, 3.05) is 58.3 Å². The Bertz CT molecular complexity index is 1590. The van der Waals surface area contributed by atoms with E-state index in [1.54, 1.807) is 11.0 Å². The number of alkyl halides is 2. The highest BCUT2D eigenvalue weighted by atomic mass is 35.5. The van der Waals surface area contributed by atoms with Crippen molar-refractivity contribution in [3.05, 3.63) is 22.4 Å². The van der Waals surface area contributed by atoms with Gasteiger partial charge >= 0.3 is 6.03 Å². The van der Waals surface area contributed by atoms with Gasteiger partial charge in [0.05, 0.1) is 5.69 Å². The molecule has 1 saturated carbocycles. The number of pyridine rings is 1. The van der Waals surface area contributed by atoms with E-state index in [-0.39, 0.29) is 26.9 Å². The van der Waals surface area contributed by atoms with Crippen molar-refractivity contribution in [2.24, 2.45) is 0 Å². The van der Waals surface area contributed by atoms with E-state index in [1.165, 1.54) is 10.6 Å². The SMILES string of the molecule is CN(C)C1CN(C(=O)N2CCN(c3cc(S(=O)(=O)NC4(C)CC4)cn4c(-c5nnc(C(F)F)s5)nc(Cl)c34)CC2)C1. The van der Waals surface area contributed by atoms with Crippen LogP contribution in [0.25, 0.3) is 16.3 Å². The highest BCUT2D eigenvalue weighted by molar-refractivity contribution is 7.89. The molecule has 0 bridgehead atoms. The second-order valence-corrected chi connectivity index (χ2v) is 14.2. The van der Waals surface area contributed by atoms with Gasteiger partial charge < -0.3 is 19.6 Å². The van der Waals surface area contributed by atoms with Crippen molar-refractivity contribution in [3.8, 4) is 10.8 Å². The largest absolute Gasteiger partial charge is 0.366 e. The van der Waals surface area contributed by atoms with Crippen molar-refractivity contribution in [3.63, 3.8) is 0 Å². The molecule has 0 spiro atoms. The van der Waals surface area contributed by atoms with E-state index in [1.807, 2.05) is 30.8 Å². The summed E-state index contributed by atoms with van der Waals surface area (Å²) in [4.78, 5) is 25.1. The number of nitrogens with one attached hydrogen (secondary N) is 1. The van der Waals surface area contributed by atoms with Gasteiger partial charge in [0.15, 0.2) is 21.0 Å². The fraction of sp³-hybridized carbons (Fsp3) is 0.583. The Balaban J connectivity index is 1.34. The van der Waals surface area contributed by atoms with Crippen molar-refractivity contribution in [2.45, 2.75) is 42.7 Å². The molecule has 41 heavy (non-hydrogen) atoms. The molecule has 0 unspecified atom stereocenters. The van der Waals surface area contributed by atoms with Crippen molar-refractivity contribution in [1.29, 1.82) is 0 Å². The van der Waals surface area contributed by atoms with Crippen LogP contribution in [0.3, 0.4) is 0 Å². The number of likely N-dealkylation sites (tertiary alicyclic amines) is 1. The standard InChI is InChI=1S/C24H30ClF2N9O3S2/c1-24(4-5-24)31-41(38,39)15-10-16(33-6-8-34(9-7-33)23(37)35-11-14(12-35)32(2)3)17-18(25)28-20(36(17)13-15)22-30-29-21(40-22)19(26)27/h10,13-14,19,31H,4-9,11-12H2,1-3H3. The Morgan fingerprint density at radius 1 is 1.17 bits per heavy atom. The third-order valence-electron chi connectivity index (χ3n) is 7.91. The fourth-order valence-electron chi connectivity index (χ4n) is 5.03. The second-order valence-electron chi connectivity index (χ2n) is 11.2. The van der Waals surface area contributed by atoms with E-state index in [4.69, 9.17) is 11.6 Å². The Kier molecular flexibility index (Phi) is 7.12. The average molecular weight is 630 g/mol. The molecule has 0 atom stereocenters. The van der Waals surface area contributed by atoms with Gasteiger partial charge in [-0.1, -0.05) is 22.9 Å². The van der Waals surface area contributed by atoms with Crippen LogP contribution in [0.1, 0.15) is 31.2 Å². The third-order valence-corrected chi connectivity index (χ3v) is 10.7. The maximum Gasteiger partial charge on any atom is 0.320 e. The fourth-order valence-corrected chi connectivity index (χ4v) is 7.46. The van der Waals surface area contributed by atoms with Crippen molar-refractivity contribution in [1.82, 2.24) is 39.0 Å². The predicted octanol–water partition coefficient (Wildman–Crippen LogP) is 2.76. The van der Waals surface area contributed by atoms with E-state index in [0.717, 1.165) is 12.8 Å². The number of carbonyl (C=O) groups is 1. The second kappa shape index (κ2) is 10.3. The summed E-state index contributed by atoms with van der Waals surface area (Å²) in [6, 6.07) is 1.90. The number of anilines is 1. The number of amides is 2. The molecule has 3 fully saturated rings. The van der Waals surface area contributed by atoms with Crippen LogP contribution in [0.4, 0.5) is 19.3 Å². The highest BCUT2D eigenvalue weighted by Gasteiger charge is 2.42. The van der Waals surface area contributed by atoms with Crippen molar-refractivity contribution >= 4 is 50.2 Å². The van der Waals surface area contributed by atoms with Crippen LogP contribution < -0.4 is 9.62 Å². The Labute approximate surface area is 244 Å². The summed E-state index contributed by atoms with van der Waals surface area (Å²) in [7, 11) is 0.0474. The summed E-state index contributed by atoms with van der Waals surface area (Å²) in [5, 5.41) is 7.11. The third kappa shape index (κ3) is 5.35. The molecule has 2 amide bonds. The van der Waals surface area contributed by atoms with Crippen LogP contribution in [0.15, 0.2) is 17.2 Å². The number of carbonyl (C=O) groups excluding carboxylic acids is 1. The molecule has 3 aromatic heterocycles.